The summed E-state index contributed by atoms with van der Waals surface area (Å²) in [5.41, 5.74) is 0. The molecule has 2 heteroatoms. The summed E-state index contributed by atoms with van der Waals surface area (Å²) < 4.78 is 0. The molecule has 2 atom stereocenters. The SMILES string of the molecule is CC(CCCO)NCC(C)C1CC1. The second kappa shape index (κ2) is 5.61. The van der Waals surface area contributed by atoms with E-state index >= 15 is 0 Å². The summed E-state index contributed by atoms with van der Waals surface area (Å²) in [5, 5.41) is 12.2. The lowest BCUT2D eigenvalue weighted by molar-refractivity contribution is 0.274. The maximum atomic E-state index is 8.66. The van der Waals surface area contributed by atoms with Gasteiger partial charge in [-0.25, -0.2) is 0 Å². The van der Waals surface area contributed by atoms with Gasteiger partial charge in [0.25, 0.3) is 0 Å². The number of hydrogen-bond donors (Lipinski definition) is 2. The van der Waals surface area contributed by atoms with Crippen molar-refractivity contribution in [1.29, 1.82) is 0 Å². The third-order valence-corrected chi connectivity index (χ3v) is 3.01. The van der Waals surface area contributed by atoms with Crippen molar-refractivity contribution in [2.24, 2.45) is 11.8 Å². The zero-order valence-electron chi connectivity index (χ0n) is 8.92. The van der Waals surface area contributed by atoms with Crippen LogP contribution in [-0.4, -0.2) is 24.3 Å². The molecule has 0 aromatic rings. The Hall–Kier alpha value is -0.0800. The highest BCUT2D eigenvalue weighted by atomic mass is 16.2. The highest BCUT2D eigenvalue weighted by Crippen LogP contribution is 2.36. The molecule has 1 aliphatic carbocycles. The van der Waals surface area contributed by atoms with Gasteiger partial charge in [0.05, 0.1) is 0 Å². The van der Waals surface area contributed by atoms with Gasteiger partial charge in [0.2, 0.25) is 0 Å². The zero-order chi connectivity index (χ0) is 9.68. The molecule has 2 nitrogen and oxygen atoms in total. The Morgan fingerprint density at radius 3 is 2.62 bits per heavy atom. The van der Waals surface area contributed by atoms with Gasteiger partial charge >= 0.3 is 0 Å². The van der Waals surface area contributed by atoms with E-state index in [0.29, 0.717) is 12.6 Å². The van der Waals surface area contributed by atoms with Crippen LogP contribution >= 0.6 is 0 Å². The Balaban J connectivity index is 1.96. The highest BCUT2D eigenvalue weighted by Gasteiger charge is 2.27. The fourth-order valence-corrected chi connectivity index (χ4v) is 1.72. The molecule has 1 fully saturated rings. The molecule has 0 heterocycles. The van der Waals surface area contributed by atoms with Crippen LogP contribution in [0.5, 0.6) is 0 Å². The van der Waals surface area contributed by atoms with Crippen LogP contribution in [0, 0.1) is 11.8 Å². The summed E-state index contributed by atoms with van der Waals surface area (Å²) >= 11 is 0. The molecule has 0 bridgehead atoms. The number of aliphatic hydroxyl groups excluding tert-OH is 1. The Kier molecular flexibility index (Phi) is 4.74. The van der Waals surface area contributed by atoms with E-state index in [-0.39, 0.29) is 0 Å². The molecule has 0 aliphatic heterocycles. The minimum Gasteiger partial charge on any atom is -0.396 e. The van der Waals surface area contributed by atoms with Gasteiger partial charge in [-0.2, -0.15) is 0 Å². The first-order valence-corrected chi connectivity index (χ1v) is 5.58. The molecule has 0 aromatic carbocycles. The molecule has 0 saturated heterocycles. The topological polar surface area (TPSA) is 32.3 Å². The van der Waals surface area contributed by atoms with E-state index in [0.717, 1.165) is 31.2 Å². The lowest BCUT2D eigenvalue weighted by Gasteiger charge is -2.16. The molecule has 2 N–H and O–H groups in total. The molecule has 1 saturated carbocycles. The quantitative estimate of drug-likeness (QED) is 0.633. The largest absolute Gasteiger partial charge is 0.396 e. The van der Waals surface area contributed by atoms with Gasteiger partial charge in [-0.3, -0.25) is 0 Å². The third kappa shape index (κ3) is 4.63. The lowest BCUT2D eigenvalue weighted by Crippen LogP contribution is -2.31. The van der Waals surface area contributed by atoms with Crippen molar-refractivity contribution < 1.29 is 5.11 Å². The average molecular weight is 185 g/mol. The van der Waals surface area contributed by atoms with Gasteiger partial charge < -0.3 is 10.4 Å². The monoisotopic (exact) mass is 185 g/mol. The van der Waals surface area contributed by atoms with Crippen molar-refractivity contribution in [3.05, 3.63) is 0 Å². The molecule has 2 unspecified atom stereocenters. The van der Waals surface area contributed by atoms with Crippen LogP contribution in [0.15, 0.2) is 0 Å². The summed E-state index contributed by atoms with van der Waals surface area (Å²) in [6, 6.07) is 0.563. The van der Waals surface area contributed by atoms with E-state index in [9.17, 15) is 0 Å². The number of aliphatic hydroxyl groups is 1. The van der Waals surface area contributed by atoms with Crippen molar-refractivity contribution in [3.8, 4) is 0 Å². The van der Waals surface area contributed by atoms with Crippen molar-refractivity contribution in [2.75, 3.05) is 13.2 Å². The van der Waals surface area contributed by atoms with Crippen molar-refractivity contribution in [2.45, 2.75) is 45.6 Å². The first-order chi connectivity index (χ1) is 6.24. The minimum absolute atomic E-state index is 0.324. The highest BCUT2D eigenvalue weighted by molar-refractivity contribution is 4.80. The Labute approximate surface area is 81.7 Å². The molecular formula is C11H23NO. The van der Waals surface area contributed by atoms with Crippen LogP contribution in [0.25, 0.3) is 0 Å². The molecule has 1 aliphatic rings. The second-order valence-corrected chi connectivity index (χ2v) is 4.49. The summed E-state index contributed by atoms with van der Waals surface area (Å²) in [6.07, 6.45) is 4.89. The van der Waals surface area contributed by atoms with Gasteiger partial charge in [0.15, 0.2) is 0 Å². The molecule has 78 valence electrons. The van der Waals surface area contributed by atoms with Gasteiger partial charge in [-0.15, -0.1) is 0 Å². The summed E-state index contributed by atoms with van der Waals surface area (Å²) in [5.74, 6) is 1.84. The second-order valence-electron chi connectivity index (χ2n) is 4.49. The summed E-state index contributed by atoms with van der Waals surface area (Å²) in [4.78, 5) is 0. The third-order valence-electron chi connectivity index (χ3n) is 3.01. The maximum Gasteiger partial charge on any atom is 0.0431 e. The van der Waals surface area contributed by atoms with Gasteiger partial charge in [0.1, 0.15) is 0 Å². The standard InChI is InChI=1S/C11H23NO/c1-9(11-5-6-11)8-12-10(2)4-3-7-13/h9-13H,3-8H2,1-2H3. The minimum atomic E-state index is 0.324. The van der Waals surface area contributed by atoms with E-state index in [1.54, 1.807) is 0 Å². The Morgan fingerprint density at radius 2 is 2.08 bits per heavy atom. The molecule has 0 aromatic heterocycles. The Bertz CT molecular complexity index is 134. The smallest absolute Gasteiger partial charge is 0.0431 e. The fraction of sp³-hybridized carbons (Fsp3) is 1.00. The predicted molar refractivity (Wildman–Crippen MR) is 55.7 cm³/mol. The van der Waals surface area contributed by atoms with Crippen LogP contribution in [0.3, 0.4) is 0 Å². The first-order valence-electron chi connectivity index (χ1n) is 5.58. The van der Waals surface area contributed by atoms with Gasteiger partial charge in [0, 0.05) is 12.6 Å². The first kappa shape index (κ1) is 11.0. The van der Waals surface area contributed by atoms with Crippen molar-refractivity contribution in [3.63, 3.8) is 0 Å². The average Bonchev–Trinajstić information content (AvgIpc) is 2.93. The normalized spacial score (nSPS) is 21.5. The van der Waals surface area contributed by atoms with Gasteiger partial charge in [-0.05, 0) is 51.0 Å². The number of rotatable bonds is 7. The van der Waals surface area contributed by atoms with E-state index in [1.165, 1.54) is 12.8 Å². The molecule has 0 amide bonds. The molecule has 0 spiro atoms. The Morgan fingerprint density at radius 1 is 1.38 bits per heavy atom. The van der Waals surface area contributed by atoms with E-state index < -0.39 is 0 Å². The van der Waals surface area contributed by atoms with Crippen molar-refractivity contribution in [1.82, 2.24) is 5.32 Å². The number of nitrogens with one attached hydrogen (secondary N) is 1. The van der Waals surface area contributed by atoms with E-state index in [1.807, 2.05) is 0 Å². The fourth-order valence-electron chi connectivity index (χ4n) is 1.72. The molecule has 1 rings (SSSR count). The van der Waals surface area contributed by atoms with Crippen LogP contribution in [-0.2, 0) is 0 Å². The maximum absolute atomic E-state index is 8.66. The lowest BCUT2D eigenvalue weighted by atomic mass is 10.1. The summed E-state index contributed by atoms with van der Waals surface area (Å²) in [7, 11) is 0. The van der Waals surface area contributed by atoms with Gasteiger partial charge in [-0.1, -0.05) is 6.92 Å². The van der Waals surface area contributed by atoms with Crippen LogP contribution < -0.4 is 5.32 Å². The molecular weight excluding hydrogens is 162 g/mol. The number of hydrogen-bond acceptors (Lipinski definition) is 2. The van der Waals surface area contributed by atoms with Crippen LogP contribution in [0.4, 0.5) is 0 Å². The van der Waals surface area contributed by atoms with Crippen molar-refractivity contribution >= 4 is 0 Å². The molecule has 13 heavy (non-hydrogen) atoms. The van der Waals surface area contributed by atoms with E-state index in [2.05, 4.69) is 19.2 Å². The predicted octanol–water partition coefficient (Wildman–Crippen LogP) is 1.78. The van der Waals surface area contributed by atoms with Crippen LogP contribution in [0.1, 0.15) is 39.5 Å². The summed E-state index contributed by atoms with van der Waals surface area (Å²) in [6.45, 7) is 6.01. The zero-order valence-corrected chi connectivity index (χ0v) is 8.92. The van der Waals surface area contributed by atoms with Crippen LogP contribution in [0.2, 0.25) is 0 Å². The van der Waals surface area contributed by atoms with E-state index in [4.69, 9.17) is 5.11 Å². The molecule has 0 radical (unpaired) electrons.